The van der Waals surface area contributed by atoms with Crippen LogP contribution in [0.3, 0.4) is 0 Å². The quantitative estimate of drug-likeness (QED) is 0.631. The van der Waals surface area contributed by atoms with Gasteiger partial charge in [-0.15, -0.1) is 0 Å². The lowest BCUT2D eigenvalue weighted by atomic mass is 9.88. The molecular weight excluding hydrogens is 383 g/mol. The monoisotopic (exact) mass is 400 g/mol. The molecule has 4 rings (SSSR count). The van der Waals surface area contributed by atoms with Crippen LogP contribution in [-0.2, 0) is 0 Å². The molecule has 1 amide bonds. The first-order chi connectivity index (χ1) is 13.0. The summed E-state index contributed by atoms with van der Waals surface area (Å²) in [6.45, 7) is 0. The zero-order chi connectivity index (χ0) is 19.0. The lowest BCUT2D eigenvalue weighted by Crippen LogP contribution is -2.50. The third-order valence-electron chi connectivity index (χ3n) is 5.19. The highest BCUT2D eigenvalue weighted by Gasteiger charge is 2.48. The van der Waals surface area contributed by atoms with Crippen molar-refractivity contribution in [2.75, 3.05) is 0 Å². The van der Waals surface area contributed by atoms with Crippen LogP contribution in [0.15, 0.2) is 53.5 Å². The first kappa shape index (κ1) is 18.3. The highest BCUT2D eigenvalue weighted by Crippen LogP contribution is 2.41. The molecule has 6 heteroatoms. The smallest absolute Gasteiger partial charge is 0.261 e. The molecular formula is C21H18ClFN2OS. The highest BCUT2D eigenvalue weighted by molar-refractivity contribution is 7.82. The van der Waals surface area contributed by atoms with Gasteiger partial charge >= 0.3 is 0 Å². The zero-order valence-electron chi connectivity index (χ0n) is 14.6. The average Bonchev–Trinajstić information content (AvgIpc) is 2.94. The van der Waals surface area contributed by atoms with Gasteiger partial charge in [-0.05, 0) is 68.1 Å². The number of carbonyl (C=O) groups is 1. The van der Waals surface area contributed by atoms with E-state index in [2.05, 4.69) is 0 Å². The summed E-state index contributed by atoms with van der Waals surface area (Å²) < 4.78 is 13.3. The Morgan fingerprint density at radius 2 is 1.81 bits per heavy atom. The van der Waals surface area contributed by atoms with Crippen LogP contribution < -0.4 is 0 Å². The molecule has 2 aromatic carbocycles. The SMILES string of the molecule is O=C(c1cccc(Cl)c1)N1C(=S)C(c2ccc(F)cc2)=NC12CCCCC2. The second-order valence-electron chi connectivity index (χ2n) is 6.97. The summed E-state index contributed by atoms with van der Waals surface area (Å²) in [7, 11) is 0. The van der Waals surface area contributed by atoms with E-state index in [0.29, 0.717) is 21.3 Å². The van der Waals surface area contributed by atoms with E-state index < -0.39 is 5.66 Å². The number of thiocarbonyl (C=S) groups is 1. The predicted molar refractivity (Wildman–Crippen MR) is 109 cm³/mol. The molecule has 1 aliphatic heterocycles. The minimum atomic E-state index is -0.654. The molecule has 138 valence electrons. The molecule has 1 fully saturated rings. The van der Waals surface area contributed by atoms with Gasteiger partial charge in [-0.25, -0.2) is 4.39 Å². The fourth-order valence-electron chi connectivity index (χ4n) is 3.88. The molecule has 0 bridgehead atoms. The highest BCUT2D eigenvalue weighted by atomic mass is 35.5. The normalized spacial score (nSPS) is 18.7. The molecule has 0 radical (unpaired) electrons. The summed E-state index contributed by atoms with van der Waals surface area (Å²) in [6, 6.07) is 13.0. The number of carbonyl (C=O) groups excluding carboxylic acids is 1. The lowest BCUT2D eigenvalue weighted by Gasteiger charge is -2.38. The van der Waals surface area contributed by atoms with Crippen molar-refractivity contribution in [2.45, 2.75) is 37.8 Å². The van der Waals surface area contributed by atoms with Crippen LogP contribution in [-0.4, -0.2) is 27.2 Å². The van der Waals surface area contributed by atoms with Crippen molar-refractivity contribution in [3.05, 3.63) is 70.5 Å². The van der Waals surface area contributed by atoms with Gasteiger partial charge in [0.25, 0.3) is 5.91 Å². The van der Waals surface area contributed by atoms with E-state index in [0.717, 1.165) is 37.7 Å². The molecule has 0 N–H and O–H groups in total. The van der Waals surface area contributed by atoms with Gasteiger partial charge in [-0.2, -0.15) is 0 Å². The van der Waals surface area contributed by atoms with Gasteiger partial charge in [0.2, 0.25) is 0 Å². The average molecular weight is 401 g/mol. The molecule has 0 atom stereocenters. The molecule has 2 aliphatic rings. The number of hydrogen-bond donors (Lipinski definition) is 0. The summed E-state index contributed by atoms with van der Waals surface area (Å²) in [5.74, 6) is -0.507. The van der Waals surface area contributed by atoms with Gasteiger partial charge in [-0.3, -0.25) is 14.7 Å². The van der Waals surface area contributed by atoms with Crippen molar-refractivity contribution in [3.63, 3.8) is 0 Å². The summed E-state index contributed by atoms with van der Waals surface area (Å²) in [4.78, 5) is 20.4. The predicted octanol–water partition coefficient (Wildman–Crippen LogP) is 5.41. The molecule has 1 saturated carbocycles. The molecule has 1 spiro atoms. The zero-order valence-corrected chi connectivity index (χ0v) is 16.2. The summed E-state index contributed by atoms with van der Waals surface area (Å²) in [5.41, 5.74) is 1.15. The Kier molecular flexibility index (Phi) is 4.82. The second kappa shape index (κ2) is 7.13. The van der Waals surface area contributed by atoms with E-state index in [4.69, 9.17) is 28.8 Å². The molecule has 2 aromatic rings. The third-order valence-corrected chi connectivity index (χ3v) is 5.80. The minimum absolute atomic E-state index is 0.190. The van der Waals surface area contributed by atoms with Crippen LogP contribution in [0.4, 0.5) is 4.39 Å². The molecule has 1 heterocycles. The molecule has 1 aliphatic carbocycles. The van der Waals surface area contributed by atoms with Gasteiger partial charge in [0, 0.05) is 16.1 Å². The van der Waals surface area contributed by atoms with Crippen molar-refractivity contribution in [1.82, 2.24) is 4.90 Å². The van der Waals surface area contributed by atoms with Gasteiger partial charge in [0.05, 0.1) is 0 Å². The standard InChI is InChI=1S/C21H18ClFN2OS/c22-16-6-4-5-15(13-16)19(26)25-20(27)18(14-7-9-17(23)10-8-14)24-21(25)11-2-1-3-12-21/h4-10,13H,1-3,11-12H2. The summed E-state index contributed by atoms with van der Waals surface area (Å²) in [6.07, 6.45) is 4.63. The molecule has 27 heavy (non-hydrogen) atoms. The summed E-state index contributed by atoms with van der Waals surface area (Å²) >= 11 is 11.8. The number of rotatable bonds is 2. The summed E-state index contributed by atoms with van der Waals surface area (Å²) in [5, 5.41) is 0.503. The van der Waals surface area contributed by atoms with Crippen molar-refractivity contribution in [1.29, 1.82) is 0 Å². The van der Waals surface area contributed by atoms with E-state index >= 15 is 0 Å². The first-order valence-electron chi connectivity index (χ1n) is 9.00. The Labute approximate surface area is 167 Å². The Bertz CT molecular complexity index is 935. The number of halogens is 2. The fraction of sp³-hybridized carbons (Fsp3) is 0.286. The maximum absolute atomic E-state index is 13.4. The van der Waals surface area contributed by atoms with Gasteiger partial charge in [0.1, 0.15) is 22.2 Å². The van der Waals surface area contributed by atoms with E-state index in [1.54, 1.807) is 41.3 Å². The van der Waals surface area contributed by atoms with Crippen LogP contribution in [0.25, 0.3) is 0 Å². The maximum Gasteiger partial charge on any atom is 0.261 e. The minimum Gasteiger partial charge on any atom is -0.271 e. The van der Waals surface area contributed by atoms with Crippen molar-refractivity contribution >= 4 is 40.4 Å². The molecule has 3 nitrogen and oxygen atoms in total. The van der Waals surface area contributed by atoms with Crippen LogP contribution in [0.2, 0.25) is 5.02 Å². The van der Waals surface area contributed by atoms with E-state index in [1.807, 2.05) is 0 Å². The van der Waals surface area contributed by atoms with Crippen molar-refractivity contribution in [3.8, 4) is 0 Å². The maximum atomic E-state index is 13.4. The van der Waals surface area contributed by atoms with E-state index in [9.17, 15) is 9.18 Å². The topological polar surface area (TPSA) is 32.7 Å². The fourth-order valence-corrected chi connectivity index (χ4v) is 4.49. The largest absolute Gasteiger partial charge is 0.271 e. The van der Waals surface area contributed by atoms with Crippen LogP contribution in [0.1, 0.15) is 48.0 Å². The van der Waals surface area contributed by atoms with E-state index in [-0.39, 0.29) is 11.7 Å². The number of aliphatic imine (C=N–C) groups is 1. The Hall–Kier alpha value is -2.11. The van der Waals surface area contributed by atoms with E-state index in [1.165, 1.54) is 12.1 Å². The Morgan fingerprint density at radius 3 is 2.48 bits per heavy atom. The van der Waals surface area contributed by atoms with Gasteiger partial charge in [0.15, 0.2) is 0 Å². The Morgan fingerprint density at radius 1 is 1.11 bits per heavy atom. The van der Waals surface area contributed by atoms with Crippen LogP contribution in [0, 0.1) is 5.82 Å². The van der Waals surface area contributed by atoms with Crippen molar-refractivity contribution in [2.24, 2.45) is 4.99 Å². The second-order valence-corrected chi connectivity index (χ2v) is 7.79. The number of nitrogens with zero attached hydrogens (tertiary/aromatic N) is 2. The number of benzene rings is 2. The van der Waals surface area contributed by atoms with Gasteiger partial charge < -0.3 is 0 Å². The first-order valence-corrected chi connectivity index (χ1v) is 9.79. The Balaban J connectivity index is 1.77. The molecule has 0 unspecified atom stereocenters. The van der Waals surface area contributed by atoms with Crippen molar-refractivity contribution < 1.29 is 9.18 Å². The lowest BCUT2D eigenvalue weighted by molar-refractivity contribution is 0.0648. The van der Waals surface area contributed by atoms with Crippen LogP contribution in [0.5, 0.6) is 0 Å². The number of hydrogen-bond acceptors (Lipinski definition) is 3. The van der Waals surface area contributed by atoms with Gasteiger partial charge in [-0.1, -0.05) is 36.3 Å². The molecule has 0 saturated heterocycles. The van der Waals surface area contributed by atoms with Crippen LogP contribution >= 0.6 is 23.8 Å². The third kappa shape index (κ3) is 3.30. The molecule has 0 aromatic heterocycles. The number of amides is 1.